The second-order valence-corrected chi connectivity index (χ2v) is 19.6. The lowest BCUT2D eigenvalue weighted by molar-refractivity contribution is -0.870. The molecule has 0 rings (SSSR count). The molecule has 2 atom stereocenters. The van der Waals surface area contributed by atoms with Gasteiger partial charge in [0.25, 0.3) is 7.82 Å². The first-order chi connectivity index (χ1) is 27.6. The minimum Gasteiger partial charge on any atom is -0.756 e. The number of carbonyl (C=O) groups excluding carboxylic acids is 1. The van der Waals surface area contributed by atoms with Crippen LogP contribution in [0.4, 0.5) is 0 Å². The van der Waals surface area contributed by atoms with Crippen molar-refractivity contribution in [1.29, 1.82) is 0 Å². The number of ether oxygens (including phenoxy) is 2. The van der Waals surface area contributed by atoms with E-state index in [1.165, 1.54) is 193 Å². The van der Waals surface area contributed by atoms with E-state index >= 15 is 0 Å². The fourth-order valence-corrected chi connectivity index (χ4v) is 8.04. The van der Waals surface area contributed by atoms with Gasteiger partial charge < -0.3 is 27.9 Å². The van der Waals surface area contributed by atoms with Crippen LogP contribution in [0.5, 0.6) is 0 Å². The van der Waals surface area contributed by atoms with Gasteiger partial charge in [-0.05, 0) is 12.8 Å². The lowest BCUT2D eigenvalue weighted by Crippen LogP contribution is -2.37. The number of nitrogens with zero attached hydrogens (tertiary/aromatic N) is 1. The molecular weight excluding hydrogens is 734 g/mol. The molecule has 0 aromatic rings. The van der Waals surface area contributed by atoms with Crippen LogP contribution in [0, 0.1) is 0 Å². The highest BCUT2D eigenvalue weighted by molar-refractivity contribution is 7.45. The molecule has 0 bridgehead atoms. The predicted molar refractivity (Wildman–Crippen MR) is 241 cm³/mol. The molecule has 0 radical (unpaired) electrons. The Balaban J connectivity index is 3.96. The van der Waals surface area contributed by atoms with Gasteiger partial charge in [-0.2, -0.15) is 0 Å². The maximum absolute atomic E-state index is 12.7. The molecule has 0 saturated carbocycles. The van der Waals surface area contributed by atoms with Crippen LogP contribution in [0.15, 0.2) is 0 Å². The summed E-state index contributed by atoms with van der Waals surface area (Å²) in [5.74, 6) is -0.327. The third kappa shape index (κ3) is 46.4. The lowest BCUT2D eigenvalue weighted by Gasteiger charge is -2.28. The van der Waals surface area contributed by atoms with Crippen LogP contribution in [-0.4, -0.2) is 70.7 Å². The number of rotatable bonds is 47. The molecular formula is C48H98NO7P. The standard InChI is InChI=1S/C48H98NO7P/c1-6-8-10-12-14-16-18-19-20-21-22-23-24-25-26-27-28-29-30-31-32-33-35-37-39-41-48(50)56-47(46-55-57(51,52)54-44-42-49(3,4)5)45-53-43-40-38-36-34-17-15-13-11-9-7-2/h47H,6-46H2,1-5H3. The largest absolute Gasteiger partial charge is 0.756 e. The molecule has 0 amide bonds. The quantitative estimate of drug-likeness (QED) is 0.0261. The van der Waals surface area contributed by atoms with Gasteiger partial charge in [-0.25, -0.2) is 0 Å². The summed E-state index contributed by atoms with van der Waals surface area (Å²) in [5, 5.41) is 0. The predicted octanol–water partition coefficient (Wildman–Crippen LogP) is 14.2. The van der Waals surface area contributed by atoms with Gasteiger partial charge >= 0.3 is 5.97 Å². The molecule has 0 aliphatic heterocycles. The summed E-state index contributed by atoms with van der Waals surface area (Å²) in [6.07, 6.45) is 45.6. The van der Waals surface area contributed by atoms with Crippen molar-refractivity contribution in [2.24, 2.45) is 0 Å². The number of quaternary nitrogens is 1. The second-order valence-electron chi connectivity index (χ2n) is 18.2. The highest BCUT2D eigenvalue weighted by atomic mass is 31.2. The molecule has 57 heavy (non-hydrogen) atoms. The summed E-state index contributed by atoms with van der Waals surface area (Å²) in [5.41, 5.74) is 0. The third-order valence-corrected chi connectivity index (χ3v) is 12.1. The number of esters is 1. The first kappa shape index (κ1) is 56.5. The lowest BCUT2D eigenvalue weighted by atomic mass is 10.0. The van der Waals surface area contributed by atoms with Crippen molar-refractivity contribution in [3.8, 4) is 0 Å². The van der Waals surface area contributed by atoms with E-state index in [0.717, 1.165) is 32.1 Å². The van der Waals surface area contributed by atoms with Gasteiger partial charge in [-0.3, -0.25) is 9.36 Å². The van der Waals surface area contributed by atoms with Crippen molar-refractivity contribution in [3.63, 3.8) is 0 Å². The molecule has 0 aromatic heterocycles. The van der Waals surface area contributed by atoms with Crippen LogP contribution >= 0.6 is 7.82 Å². The number of unbranched alkanes of at least 4 members (excludes halogenated alkanes) is 33. The van der Waals surface area contributed by atoms with Crippen molar-refractivity contribution in [2.45, 2.75) is 251 Å². The summed E-state index contributed by atoms with van der Waals surface area (Å²) in [7, 11) is 1.38. The molecule has 0 heterocycles. The maximum Gasteiger partial charge on any atom is 0.306 e. The Morgan fingerprint density at radius 2 is 0.807 bits per heavy atom. The van der Waals surface area contributed by atoms with Crippen LogP contribution in [0.25, 0.3) is 0 Å². The summed E-state index contributed by atoms with van der Waals surface area (Å²) in [6, 6.07) is 0. The topological polar surface area (TPSA) is 94.1 Å². The molecule has 0 aromatic carbocycles. The Labute approximate surface area is 355 Å². The zero-order valence-electron chi connectivity index (χ0n) is 38.8. The normalized spacial score (nSPS) is 13.6. The number of phosphoric ester groups is 1. The number of hydrogen-bond acceptors (Lipinski definition) is 7. The number of likely N-dealkylation sites (N-methyl/N-ethyl adjacent to an activating group) is 1. The molecule has 8 nitrogen and oxygen atoms in total. The van der Waals surface area contributed by atoms with Crippen LogP contribution < -0.4 is 4.89 Å². The van der Waals surface area contributed by atoms with Crippen molar-refractivity contribution in [1.82, 2.24) is 0 Å². The first-order valence-corrected chi connectivity index (χ1v) is 26.2. The van der Waals surface area contributed by atoms with Crippen molar-refractivity contribution < 1.29 is 37.3 Å². The van der Waals surface area contributed by atoms with E-state index in [1.54, 1.807) is 0 Å². The van der Waals surface area contributed by atoms with Gasteiger partial charge in [0, 0.05) is 13.0 Å². The fraction of sp³-hybridized carbons (Fsp3) is 0.979. The van der Waals surface area contributed by atoms with E-state index in [9.17, 15) is 14.3 Å². The van der Waals surface area contributed by atoms with Crippen LogP contribution in [0.1, 0.15) is 245 Å². The molecule has 342 valence electrons. The Morgan fingerprint density at radius 3 is 1.16 bits per heavy atom. The Kier molecular flexibility index (Phi) is 41.8. The highest BCUT2D eigenvalue weighted by Crippen LogP contribution is 2.38. The Bertz CT molecular complexity index is 883. The van der Waals surface area contributed by atoms with Gasteiger partial charge in [0.15, 0.2) is 0 Å². The average molecular weight is 832 g/mol. The van der Waals surface area contributed by atoms with Crippen molar-refractivity contribution >= 4 is 13.8 Å². The van der Waals surface area contributed by atoms with E-state index < -0.39 is 13.9 Å². The molecule has 0 aliphatic carbocycles. The molecule has 9 heteroatoms. The second kappa shape index (κ2) is 42.2. The van der Waals surface area contributed by atoms with Crippen LogP contribution in [0.2, 0.25) is 0 Å². The summed E-state index contributed by atoms with van der Waals surface area (Å²) in [4.78, 5) is 25.1. The van der Waals surface area contributed by atoms with E-state index in [4.69, 9.17) is 18.5 Å². The highest BCUT2D eigenvalue weighted by Gasteiger charge is 2.20. The van der Waals surface area contributed by atoms with Gasteiger partial charge in [-0.1, -0.05) is 226 Å². The minimum atomic E-state index is -4.51. The van der Waals surface area contributed by atoms with E-state index in [-0.39, 0.29) is 25.8 Å². The first-order valence-electron chi connectivity index (χ1n) is 24.8. The van der Waals surface area contributed by atoms with Gasteiger partial charge in [0.2, 0.25) is 0 Å². The van der Waals surface area contributed by atoms with E-state index in [0.29, 0.717) is 24.1 Å². The number of phosphoric acid groups is 1. The maximum atomic E-state index is 12.7. The SMILES string of the molecule is CCCCCCCCCCCCCCCCCCCCCCCCCCCC(=O)OC(COCCCCCCCCCCCC)COP(=O)([O-])OCC[N+](C)(C)C. The van der Waals surface area contributed by atoms with Gasteiger partial charge in [0.05, 0.1) is 34.4 Å². The summed E-state index contributed by atoms with van der Waals surface area (Å²) < 4.78 is 34.6. The van der Waals surface area contributed by atoms with Gasteiger partial charge in [0.1, 0.15) is 19.3 Å². The molecule has 0 fully saturated rings. The fourth-order valence-electron chi connectivity index (χ4n) is 7.31. The van der Waals surface area contributed by atoms with Gasteiger partial charge in [-0.15, -0.1) is 0 Å². The average Bonchev–Trinajstić information content (AvgIpc) is 3.16. The molecule has 0 aliphatic rings. The summed E-state index contributed by atoms with van der Waals surface area (Å²) in [6.45, 7) is 5.46. The summed E-state index contributed by atoms with van der Waals surface area (Å²) >= 11 is 0. The Hall–Kier alpha value is -0.500. The smallest absolute Gasteiger partial charge is 0.306 e. The van der Waals surface area contributed by atoms with Crippen molar-refractivity contribution in [2.75, 3.05) is 54.1 Å². The zero-order valence-corrected chi connectivity index (χ0v) is 39.7. The minimum absolute atomic E-state index is 0.0313. The van der Waals surface area contributed by atoms with Crippen LogP contribution in [0.3, 0.4) is 0 Å². The molecule has 0 saturated heterocycles. The van der Waals surface area contributed by atoms with E-state index in [2.05, 4.69) is 13.8 Å². The van der Waals surface area contributed by atoms with E-state index in [1.807, 2.05) is 21.1 Å². The Morgan fingerprint density at radius 1 is 0.474 bits per heavy atom. The third-order valence-electron chi connectivity index (χ3n) is 11.2. The molecule has 0 N–H and O–H groups in total. The molecule has 0 spiro atoms. The zero-order chi connectivity index (χ0) is 42.0. The monoisotopic (exact) mass is 832 g/mol. The number of hydrogen-bond donors (Lipinski definition) is 0. The molecule has 2 unspecified atom stereocenters. The van der Waals surface area contributed by atoms with Crippen molar-refractivity contribution in [3.05, 3.63) is 0 Å². The van der Waals surface area contributed by atoms with Crippen LogP contribution in [-0.2, 0) is 27.9 Å². The number of carbonyl (C=O) groups is 1.